The molecule has 3 atom stereocenters. The summed E-state index contributed by atoms with van der Waals surface area (Å²) in [4.78, 5) is 5.11. The maximum atomic E-state index is 9.87. The van der Waals surface area contributed by atoms with Crippen molar-refractivity contribution in [1.82, 2.24) is 9.80 Å². The van der Waals surface area contributed by atoms with E-state index in [1.807, 2.05) is 0 Å². The van der Waals surface area contributed by atoms with Crippen LogP contribution in [0.15, 0.2) is 0 Å². The molecule has 0 aromatic carbocycles. The molecule has 0 bridgehead atoms. The van der Waals surface area contributed by atoms with Gasteiger partial charge in [-0.25, -0.2) is 0 Å². The second-order valence-corrected chi connectivity index (χ2v) is 6.72. The zero-order valence-corrected chi connectivity index (χ0v) is 13.3. The van der Waals surface area contributed by atoms with Crippen molar-refractivity contribution in [3.8, 4) is 0 Å². The van der Waals surface area contributed by atoms with E-state index in [9.17, 15) is 5.11 Å². The van der Waals surface area contributed by atoms with Crippen molar-refractivity contribution in [2.45, 2.75) is 51.2 Å². The molecule has 0 aromatic rings. The van der Waals surface area contributed by atoms with Gasteiger partial charge in [0.15, 0.2) is 0 Å². The molecule has 2 fully saturated rings. The number of methoxy groups -OCH3 is 1. The SMILES string of the molecule is COCC(O)CN1CCCC(CN2CCCCC2C)C1. The standard InChI is InChI=1S/C16H32N2O2/c1-14-6-3-4-9-18(14)11-15-7-5-8-17(10-15)12-16(19)13-20-2/h14-16,19H,3-13H2,1-2H3. The van der Waals surface area contributed by atoms with Gasteiger partial charge in [-0.2, -0.15) is 0 Å². The summed E-state index contributed by atoms with van der Waals surface area (Å²) in [5.41, 5.74) is 0. The zero-order chi connectivity index (χ0) is 14.4. The van der Waals surface area contributed by atoms with Crippen molar-refractivity contribution >= 4 is 0 Å². The predicted octanol–water partition coefficient (Wildman–Crippen LogP) is 1.58. The normalized spacial score (nSPS) is 31.4. The summed E-state index contributed by atoms with van der Waals surface area (Å²) in [7, 11) is 1.65. The Labute approximate surface area is 124 Å². The van der Waals surface area contributed by atoms with Crippen molar-refractivity contribution in [1.29, 1.82) is 0 Å². The third-order valence-corrected chi connectivity index (χ3v) is 4.86. The van der Waals surface area contributed by atoms with E-state index in [4.69, 9.17) is 4.74 Å². The maximum absolute atomic E-state index is 9.87. The van der Waals surface area contributed by atoms with Crippen LogP contribution in [0.1, 0.15) is 39.0 Å². The molecule has 2 heterocycles. The molecule has 2 rings (SSSR count). The van der Waals surface area contributed by atoms with E-state index < -0.39 is 0 Å². The summed E-state index contributed by atoms with van der Waals surface area (Å²) in [5.74, 6) is 0.777. The minimum atomic E-state index is -0.340. The van der Waals surface area contributed by atoms with Crippen molar-refractivity contribution in [3.63, 3.8) is 0 Å². The third kappa shape index (κ3) is 4.99. The number of hydrogen-bond donors (Lipinski definition) is 1. The Balaban J connectivity index is 1.75. The molecule has 20 heavy (non-hydrogen) atoms. The first-order valence-electron chi connectivity index (χ1n) is 8.32. The lowest BCUT2D eigenvalue weighted by molar-refractivity contribution is 0.0211. The van der Waals surface area contributed by atoms with Crippen LogP contribution < -0.4 is 0 Å². The molecule has 0 aromatic heterocycles. The Hall–Kier alpha value is -0.160. The molecule has 0 spiro atoms. The van der Waals surface area contributed by atoms with Gasteiger partial charge in [0, 0.05) is 32.8 Å². The first kappa shape index (κ1) is 16.2. The highest BCUT2D eigenvalue weighted by Crippen LogP contribution is 2.22. The summed E-state index contributed by atoms with van der Waals surface area (Å²) in [6, 6.07) is 0.762. The first-order valence-corrected chi connectivity index (χ1v) is 8.32. The lowest BCUT2D eigenvalue weighted by Gasteiger charge is -2.40. The lowest BCUT2D eigenvalue weighted by atomic mass is 9.94. The molecule has 1 N–H and O–H groups in total. The van der Waals surface area contributed by atoms with Crippen LogP contribution >= 0.6 is 0 Å². The van der Waals surface area contributed by atoms with E-state index in [1.165, 1.54) is 45.2 Å². The fourth-order valence-electron chi connectivity index (χ4n) is 3.77. The van der Waals surface area contributed by atoms with Gasteiger partial charge in [0.25, 0.3) is 0 Å². The maximum Gasteiger partial charge on any atom is 0.0900 e. The number of aliphatic hydroxyl groups is 1. The van der Waals surface area contributed by atoms with Gasteiger partial charge in [-0.05, 0) is 51.6 Å². The first-order chi connectivity index (χ1) is 9.69. The number of likely N-dealkylation sites (tertiary alicyclic amines) is 2. The summed E-state index contributed by atoms with van der Waals surface area (Å²) < 4.78 is 5.02. The van der Waals surface area contributed by atoms with Gasteiger partial charge < -0.3 is 19.6 Å². The lowest BCUT2D eigenvalue weighted by Crippen LogP contribution is -2.47. The van der Waals surface area contributed by atoms with Gasteiger partial charge >= 0.3 is 0 Å². The predicted molar refractivity (Wildman–Crippen MR) is 81.9 cm³/mol. The zero-order valence-electron chi connectivity index (χ0n) is 13.3. The van der Waals surface area contributed by atoms with Crippen molar-refractivity contribution in [2.24, 2.45) is 5.92 Å². The average molecular weight is 284 g/mol. The third-order valence-electron chi connectivity index (χ3n) is 4.86. The Morgan fingerprint density at radius 1 is 1.20 bits per heavy atom. The summed E-state index contributed by atoms with van der Waals surface area (Å²) in [6.07, 6.45) is 6.41. The van der Waals surface area contributed by atoms with Gasteiger partial charge in [0.2, 0.25) is 0 Å². The Kier molecular flexibility index (Phi) is 6.75. The molecule has 2 aliphatic rings. The van der Waals surface area contributed by atoms with E-state index in [0.717, 1.165) is 31.6 Å². The van der Waals surface area contributed by atoms with Crippen LogP contribution in [0.3, 0.4) is 0 Å². The van der Waals surface area contributed by atoms with Gasteiger partial charge in [0.05, 0.1) is 12.7 Å². The highest BCUT2D eigenvalue weighted by molar-refractivity contribution is 4.81. The minimum Gasteiger partial charge on any atom is -0.389 e. The van der Waals surface area contributed by atoms with Gasteiger partial charge in [0.1, 0.15) is 0 Å². The molecule has 3 unspecified atom stereocenters. The number of piperidine rings is 2. The Morgan fingerprint density at radius 3 is 2.80 bits per heavy atom. The van der Waals surface area contributed by atoms with Crippen LogP contribution in [0, 0.1) is 5.92 Å². The highest BCUT2D eigenvalue weighted by atomic mass is 16.5. The van der Waals surface area contributed by atoms with Crippen LogP contribution in [0.2, 0.25) is 0 Å². The second-order valence-electron chi connectivity index (χ2n) is 6.72. The quantitative estimate of drug-likeness (QED) is 0.803. The van der Waals surface area contributed by atoms with E-state index in [2.05, 4.69) is 16.7 Å². The van der Waals surface area contributed by atoms with Gasteiger partial charge in [-0.3, -0.25) is 0 Å². The van der Waals surface area contributed by atoms with Crippen LogP contribution in [0.5, 0.6) is 0 Å². The fraction of sp³-hybridized carbons (Fsp3) is 1.00. The van der Waals surface area contributed by atoms with E-state index in [1.54, 1.807) is 7.11 Å². The Bertz CT molecular complexity index is 275. The van der Waals surface area contributed by atoms with Gasteiger partial charge in [-0.15, -0.1) is 0 Å². The minimum absolute atomic E-state index is 0.340. The molecule has 4 heteroatoms. The van der Waals surface area contributed by atoms with E-state index in [0.29, 0.717) is 6.61 Å². The van der Waals surface area contributed by atoms with Crippen LogP contribution in [0.25, 0.3) is 0 Å². The molecule has 4 nitrogen and oxygen atoms in total. The molecular weight excluding hydrogens is 252 g/mol. The van der Waals surface area contributed by atoms with E-state index >= 15 is 0 Å². The van der Waals surface area contributed by atoms with Crippen LogP contribution in [0.4, 0.5) is 0 Å². The van der Waals surface area contributed by atoms with Crippen molar-refractivity contribution in [3.05, 3.63) is 0 Å². The number of aliphatic hydroxyl groups excluding tert-OH is 1. The van der Waals surface area contributed by atoms with Crippen LogP contribution in [-0.2, 0) is 4.74 Å². The van der Waals surface area contributed by atoms with E-state index in [-0.39, 0.29) is 6.10 Å². The molecular formula is C16H32N2O2. The molecule has 0 aliphatic carbocycles. The molecule has 2 aliphatic heterocycles. The molecule has 118 valence electrons. The number of ether oxygens (including phenoxy) is 1. The van der Waals surface area contributed by atoms with Crippen molar-refractivity contribution < 1.29 is 9.84 Å². The van der Waals surface area contributed by atoms with Gasteiger partial charge in [-0.1, -0.05) is 6.42 Å². The molecule has 0 saturated carbocycles. The van der Waals surface area contributed by atoms with Crippen LogP contribution in [-0.4, -0.2) is 73.5 Å². The summed E-state index contributed by atoms with van der Waals surface area (Å²) >= 11 is 0. The summed E-state index contributed by atoms with van der Waals surface area (Å²) in [6.45, 7) is 8.39. The average Bonchev–Trinajstić information content (AvgIpc) is 2.42. The summed E-state index contributed by atoms with van der Waals surface area (Å²) in [5, 5.41) is 9.87. The Morgan fingerprint density at radius 2 is 2.05 bits per heavy atom. The highest BCUT2D eigenvalue weighted by Gasteiger charge is 2.26. The van der Waals surface area contributed by atoms with Crippen molar-refractivity contribution in [2.75, 3.05) is 46.4 Å². The molecule has 0 radical (unpaired) electrons. The number of rotatable bonds is 6. The smallest absolute Gasteiger partial charge is 0.0900 e. The monoisotopic (exact) mass is 284 g/mol. The molecule has 0 amide bonds. The largest absolute Gasteiger partial charge is 0.389 e. The number of hydrogen-bond acceptors (Lipinski definition) is 4. The molecule has 2 saturated heterocycles. The number of nitrogens with zero attached hydrogens (tertiary/aromatic N) is 2. The number of β-amino-alcohol motifs (C(OH)–C–C–N with tert-alkyl or cyclic N) is 1. The second kappa shape index (κ2) is 8.32. The topological polar surface area (TPSA) is 35.9 Å². The fourth-order valence-corrected chi connectivity index (χ4v) is 3.77.